The SMILES string of the molecule is C=Cc1ccc(Oc2ccc(C3(c4cc(C)ccc4C)c4ccccc4-c4ccc(N(c5ccc6oc7ccc(N(c8ccc9c(c8)C(c8ccc(Oc%10ccc(C=C)cc%10)cc8)(c8cc(C)ccc8C)c8ccccc8-9)c8cc(C)c(-c9ccc(F)cc9)cc8C)cc7c6c5)c5cc(C)c(-c6ccc(F)cc6)cc5C)cc43)cc2)cc1. The molecule has 17 aromatic rings. The van der Waals surface area contributed by atoms with E-state index in [1.54, 1.807) is 0 Å². The topological polar surface area (TPSA) is 38.1 Å². The Morgan fingerprint density at radius 1 is 0.291 bits per heavy atom. The molecule has 1 aromatic heterocycles. The van der Waals surface area contributed by atoms with Gasteiger partial charge >= 0.3 is 0 Å². The van der Waals surface area contributed by atoms with Crippen molar-refractivity contribution in [2.24, 2.45) is 0 Å². The third kappa shape index (κ3) is 12.4. The quantitative estimate of drug-likeness (QED) is 0.0856. The average molecular weight is 1520 g/mol. The van der Waals surface area contributed by atoms with E-state index in [4.69, 9.17) is 13.9 Å². The molecule has 7 heteroatoms. The highest BCUT2D eigenvalue weighted by Gasteiger charge is 2.49. The van der Waals surface area contributed by atoms with E-state index in [0.29, 0.717) is 0 Å². The van der Waals surface area contributed by atoms with Gasteiger partial charge in [0.1, 0.15) is 45.8 Å². The Bertz CT molecular complexity index is 6430. The number of ether oxygens (including phenoxy) is 2. The third-order valence-electron chi connectivity index (χ3n) is 24.3. The predicted molar refractivity (Wildman–Crippen MR) is 480 cm³/mol. The summed E-state index contributed by atoms with van der Waals surface area (Å²) < 4.78 is 49.6. The van der Waals surface area contributed by atoms with Crippen LogP contribution in [0.2, 0.25) is 0 Å². The molecule has 5 nitrogen and oxygen atoms in total. The largest absolute Gasteiger partial charge is 0.457 e. The minimum Gasteiger partial charge on any atom is -0.457 e. The lowest BCUT2D eigenvalue weighted by atomic mass is 9.66. The molecule has 0 spiro atoms. The Balaban J connectivity index is 0.809. The minimum atomic E-state index is -0.791. The van der Waals surface area contributed by atoms with E-state index >= 15 is 0 Å². The summed E-state index contributed by atoms with van der Waals surface area (Å²) in [6.45, 7) is 25.4. The van der Waals surface area contributed by atoms with Crippen LogP contribution >= 0.6 is 0 Å². The Morgan fingerprint density at radius 2 is 0.641 bits per heavy atom. The Hall–Kier alpha value is -14.1. The van der Waals surface area contributed by atoms with Gasteiger partial charge in [0.2, 0.25) is 0 Å². The van der Waals surface area contributed by atoms with Crippen LogP contribution in [0.25, 0.3) is 78.6 Å². The molecule has 0 saturated carbocycles. The highest BCUT2D eigenvalue weighted by molar-refractivity contribution is 6.09. The second-order valence-electron chi connectivity index (χ2n) is 31.5. The van der Waals surface area contributed by atoms with Gasteiger partial charge in [-0.25, -0.2) is 8.78 Å². The van der Waals surface area contributed by atoms with Gasteiger partial charge in [0.25, 0.3) is 0 Å². The summed E-state index contributed by atoms with van der Waals surface area (Å²) in [4.78, 5) is 4.83. The zero-order valence-corrected chi connectivity index (χ0v) is 66.6. The first-order chi connectivity index (χ1) is 56.9. The molecule has 0 N–H and O–H groups in total. The number of hydrogen-bond donors (Lipinski definition) is 0. The summed E-state index contributed by atoms with van der Waals surface area (Å²) in [5.74, 6) is 2.38. The number of nitrogens with zero attached hydrogens (tertiary/aromatic N) is 2. The van der Waals surface area contributed by atoms with Crippen LogP contribution in [0.1, 0.15) is 100 Å². The molecule has 19 rings (SSSR count). The summed E-state index contributed by atoms with van der Waals surface area (Å²) >= 11 is 0. The van der Waals surface area contributed by atoms with Crippen molar-refractivity contribution >= 4 is 68.2 Å². The number of benzene rings is 16. The maximum Gasteiger partial charge on any atom is 0.135 e. The number of aryl methyl sites for hydroxylation is 8. The van der Waals surface area contributed by atoms with Crippen LogP contribution in [-0.4, -0.2) is 0 Å². The number of rotatable bonds is 18. The summed E-state index contributed by atoms with van der Waals surface area (Å²) in [7, 11) is 0. The number of furan rings is 1. The molecule has 2 aliphatic rings. The van der Waals surface area contributed by atoms with Gasteiger partial charge in [0, 0.05) is 44.9 Å². The Labute approximate surface area is 682 Å². The van der Waals surface area contributed by atoms with Gasteiger partial charge in [-0.1, -0.05) is 206 Å². The third-order valence-corrected chi connectivity index (χ3v) is 24.3. The zero-order valence-electron chi connectivity index (χ0n) is 66.6. The zero-order chi connectivity index (χ0) is 80.1. The molecule has 0 bridgehead atoms. The summed E-state index contributed by atoms with van der Waals surface area (Å²) in [5, 5.41) is 1.87. The number of halogens is 2. The van der Waals surface area contributed by atoms with Crippen LogP contribution in [0, 0.1) is 67.0 Å². The summed E-state index contributed by atoms with van der Waals surface area (Å²) in [6.07, 6.45) is 3.67. The number of anilines is 6. The fraction of sp³-hybridized carbons (Fsp3) is 0.0909. The molecule has 0 radical (unpaired) electrons. The molecule has 1 heterocycles. The summed E-state index contributed by atoms with van der Waals surface area (Å²) in [6, 6.07) is 115. The van der Waals surface area contributed by atoms with Crippen molar-refractivity contribution in [3.8, 4) is 67.5 Å². The molecule has 16 aromatic carbocycles. The highest BCUT2D eigenvalue weighted by Crippen LogP contribution is 2.61. The maximum absolute atomic E-state index is 14.7. The van der Waals surface area contributed by atoms with E-state index in [1.807, 2.05) is 84.9 Å². The lowest BCUT2D eigenvalue weighted by molar-refractivity contribution is 0.482. The molecule has 2 unspecified atom stereocenters. The van der Waals surface area contributed by atoms with E-state index in [9.17, 15) is 8.78 Å². The smallest absolute Gasteiger partial charge is 0.135 e. The van der Waals surface area contributed by atoms with Crippen molar-refractivity contribution < 1.29 is 22.7 Å². The van der Waals surface area contributed by atoms with Crippen molar-refractivity contribution in [1.82, 2.24) is 0 Å². The Morgan fingerprint density at radius 3 is 1.03 bits per heavy atom. The lowest BCUT2D eigenvalue weighted by Gasteiger charge is -2.36. The van der Waals surface area contributed by atoms with E-state index in [0.717, 1.165) is 179 Å². The Kier molecular flexibility index (Phi) is 18.1. The van der Waals surface area contributed by atoms with E-state index in [2.05, 4.69) is 309 Å². The first-order valence-corrected chi connectivity index (χ1v) is 39.9. The summed E-state index contributed by atoms with van der Waals surface area (Å²) in [5.41, 5.74) is 34.3. The van der Waals surface area contributed by atoms with Gasteiger partial charge in [0.15, 0.2) is 0 Å². The predicted octanol–water partition coefficient (Wildman–Crippen LogP) is 30.2. The van der Waals surface area contributed by atoms with Crippen LogP contribution in [0.3, 0.4) is 0 Å². The lowest BCUT2D eigenvalue weighted by Crippen LogP contribution is -2.30. The number of fused-ring (bicyclic) bond motifs is 9. The van der Waals surface area contributed by atoms with Crippen molar-refractivity contribution in [2.75, 3.05) is 9.80 Å². The first kappa shape index (κ1) is 73.1. The fourth-order valence-electron chi connectivity index (χ4n) is 18.6. The van der Waals surface area contributed by atoms with Crippen LogP contribution in [0.4, 0.5) is 42.9 Å². The van der Waals surface area contributed by atoms with Crippen LogP contribution in [-0.2, 0) is 10.8 Å². The van der Waals surface area contributed by atoms with Gasteiger partial charge in [-0.3, -0.25) is 0 Å². The van der Waals surface area contributed by atoms with Crippen molar-refractivity contribution in [1.29, 1.82) is 0 Å². The van der Waals surface area contributed by atoms with Crippen LogP contribution < -0.4 is 19.3 Å². The normalized spacial score (nSPS) is 14.4. The van der Waals surface area contributed by atoms with Crippen molar-refractivity contribution in [3.05, 3.63) is 453 Å². The standard InChI is InChI=1S/C110H84F2N2O3/c1-11-75-25-45-87(46-26-75)115-89-49-33-79(34-50-89)109(101-57-67(3)21-23-69(101)5)99-19-15-13-17-91(99)93-53-41-85(65-103(93)109)113(105-61-71(7)95(59-73(105)9)77-29-37-81(111)38-30-77)83-43-55-107-97(63-83)98-64-84(44-56-108(98)117-107)114(106-62-72(8)96(60-74(106)10)78-31-39-82(112)40-32-78)86-42-54-94-92-18-14-16-20-100(92)110(104(94)66-86,102-58-68(4)22-24-70(102)6)80-35-51-90(52-36-80)116-88-47-27-76(12-2)28-48-88/h11-66H,1-2H2,3-10H3. The average Bonchev–Trinajstić information content (AvgIpc) is 1.55. The molecule has 566 valence electrons. The molecular formula is C110H84F2N2O3. The van der Waals surface area contributed by atoms with Crippen LogP contribution in [0.15, 0.2) is 345 Å². The second-order valence-corrected chi connectivity index (χ2v) is 31.5. The molecule has 2 atom stereocenters. The van der Waals surface area contributed by atoms with Gasteiger partial charge < -0.3 is 23.7 Å². The second kappa shape index (κ2) is 29.1. The first-order valence-electron chi connectivity index (χ1n) is 39.9. The highest BCUT2D eigenvalue weighted by atomic mass is 19.1. The maximum atomic E-state index is 14.7. The van der Waals surface area contributed by atoms with E-state index < -0.39 is 10.8 Å². The fourth-order valence-corrected chi connectivity index (χ4v) is 18.6. The molecular weight excluding hydrogens is 1440 g/mol. The van der Waals surface area contributed by atoms with Gasteiger partial charge in [-0.05, 0) is 347 Å². The molecule has 0 fully saturated rings. The van der Waals surface area contributed by atoms with Crippen LogP contribution in [0.5, 0.6) is 23.0 Å². The monoisotopic (exact) mass is 1520 g/mol. The van der Waals surface area contributed by atoms with Gasteiger partial charge in [0.05, 0.1) is 10.8 Å². The number of hydrogen-bond acceptors (Lipinski definition) is 5. The van der Waals surface area contributed by atoms with Gasteiger partial charge in [-0.15, -0.1) is 0 Å². The van der Waals surface area contributed by atoms with E-state index in [-0.39, 0.29) is 11.6 Å². The van der Waals surface area contributed by atoms with E-state index in [1.165, 1.54) is 68.8 Å². The van der Waals surface area contributed by atoms with Gasteiger partial charge in [-0.2, -0.15) is 0 Å². The molecule has 0 aliphatic heterocycles. The van der Waals surface area contributed by atoms with Crippen molar-refractivity contribution in [3.63, 3.8) is 0 Å². The molecule has 117 heavy (non-hydrogen) atoms. The van der Waals surface area contributed by atoms with Crippen molar-refractivity contribution in [2.45, 2.75) is 66.2 Å². The molecule has 0 saturated heterocycles. The molecule has 2 aliphatic carbocycles. The molecule has 0 amide bonds. The minimum absolute atomic E-state index is 0.280.